The number of ether oxygens (including phenoxy) is 3. The maximum absolute atomic E-state index is 13.1. The van der Waals surface area contributed by atoms with E-state index in [1.807, 2.05) is 13.8 Å². The number of aliphatic hydroxyl groups is 1. The van der Waals surface area contributed by atoms with Gasteiger partial charge >= 0.3 is 12.1 Å². The molecular weight excluding hydrogens is 470 g/mol. The molecule has 0 bridgehead atoms. The lowest BCUT2D eigenvalue weighted by Crippen LogP contribution is -2.53. The van der Waals surface area contributed by atoms with Crippen LogP contribution in [-0.4, -0.2) is 78.1 Å². The standard InChI is InChI=1S/C26H41NO9/c1-18(2)21-17-35-26(33)27(21)25(32)24(34-4)23(36-19(3)29)22(31)15-14-20(30)13-11-9-7-5-6-8-10-12-16-28/h14-15,18,21,23-24,28H,5-13,16-17H2,1-4H3/t21-,23-,24+/m1/s1. The lowest BCUT2D eigenvalue weighted by Gasteiger charge is -2.29. The van der Waals surface area contributed by atoms with Gasteiger partial charge in [0.25, 0.3) is 5.91 Å². The zero-order valence-electron chi connectivity index (χ0n) is 21.9. The molecule has 36 heavy (non-hydrogen) atoms. The van der Waals surface area contributed by atoms with Gasteiger partial charge in [-0.05, 0) is 30.9 Å². The highest BCUT2D eigenvalue weighted by molar-refractivity contribution is 6.05. The normalized spacial score (nSPS) is 17.3. The summed E-state index contributed by atoms with van der Waals surface area (Å²) in [5, 5.41) is 8.76. The van der Waals surface area contributed by atoms with Crippen molar-refractivity contribution < 1.29 is 43.3 Å². The van der Waals surface area contributed by atoms with Crippen LogP contribution in [0.5, 0.6) is 0 Å². The fraction of sp³-hybridized carbons (Fsp3) is 0.731. The number of carbonyl (C=O) groups excluding carboxylic acids is 5. The number of carbonyl (C=O) groups is 5. The SMILES string of the molecule is CO[C@H](C(=O)N1C(=O)OC[C@@H]1C(C)C)[C@H](OC(C)=O)C(=O)C=CC(=O)CCCCCCCCCCO. The van der Waals surface area contributed by atoms with E-state index in [4.69, 9.17) is 19.3 Å². The zero-order valence-corrected chi connectivity index (χ0v) is 21.9. The van der Waals surface area contributed by atoms with Crippen LogP contribution < -0.4 is 0 Å². The minimum absolute atomic E-state index is 0.0168. The molecule has 10 nitrogen and oxygen atoms in total. The van der Waals surface area contributed by atoms with Crippen LogP contribution in [-0.2, 0) is 33.4 Å². The molecule has 0 aromatic rings. The Balaban J connectivity index is 2.69. The van der Waals surface area contributed by atoms with Crippen LogP contribution >= 0.6 is 0 Å². The lowest BCUT2D eigenvalue weighted by atomic mass is 10.0. The maximum Gasteiger partial charge on any atom is 0.417 e. The molecule has 1 heterocycles. The van der Waals surface area contributed by atoms with Crippen molar-refractivity contribution in [3.05, 3.63) is 12.2 Å². The quantitative estimate of drug-likeness (QED) is 0.167. The Bertz CT molecular complexity index is 777. The summed E-state index contributed by atoms with van der Waals surface area (Å²) >= 11 is 0. The smallest absolute Gasteiger partial charge is 0.417 e. The summed E-state index contributed by atoms with van der Waals surface area (Å²) in [5.41, 5.74) is 0. The number of ketones is 2. The van der Waals surface area contributed by atoms with Gasteiger partial charge in [-0.2, -0.15) is 0 Å². The number of imide groups is 1. The molecule has 204 valence electrons. The first-order valence-corrected chi connectivity index (χ1v) is 12.7. The highest BCUT2D eigenvalue weighted by Crippen LogP contribution is 2.23. The van der Waals surface area contributed by atoms with Crippen molar-refractivity contribution in [2.45, 2.75) is 96.8 Å². The summed E-state index contributed by atoms with van der Waals surface area (Å²) in [7, 11) is 1.17. The second-order valence-electron chi connectivity index (χ2n) is 9.29. The van der Waals surface area contributed by atoms with Crippen LogP contribution in [0.1, 0.15) is 78.6 Å². The summed E-state index contributed by atoms with van der Waals surface area (Å²) in [5.74, 6) is -2.82. The molecule has 0 spiro atoms. The molecule has 0 radical (unpaired) electrons. The van der Waals surface area contributed by atoms with Crippen molar-refractivity contribution in [1.82, 2.24) is 4.90 Å². The van der Waals surface area contributed by atoms with E-state index in [0.717, 1.165) is 68.9 Å². The van der Waals surface area contributed by atoms with E-state index in [9.17, 15) is 24.0 Å². The molecule has 0 aromatic heterocycles. The number of rotatable bonds is 18. The third kappa shape index (κ3) is 10.6. The molecule has 1 aliphatic heterocycles. The van der Waals surface area contributed by atoms with E-state index >= 15 is 0 Å². The average molecular weight is 512 g/mol. The van der Waals surface area contributed by atoms with Gasteiger partial charge in [-0.25, -0.2) is 9.69 Å². The molecular formula is C26H41NO9. The summed E-state index contributed by atoms with van der Waals surface area (Å²) in [4.78, 5) is 62.9. The number of aliphatic hydroxyl groups excluding tert-OH is 1. The number of allylic oxidation sites excluding steroid dienone is 1. The van der Waals surface area contributed by atoms with Gasteiger partial charge in [0, 0.05) is 27.1 Å². The highest BCUT2D eigenvalue weighted by atomic mass is 16.6. The second-order valence-corrected chi connectivity index (χ2v) is 9.29. The van der Waals surface area contributed by atoms with E-state index < -0.39 is 42.0 Å². The fourth-order valence-corrected chi connectivity index (χ4v) is 3.94. The predicted octanol–water partition coefficient (Wildman–Crippen LogP) is 3.13. The van der Waals surface area contributed by atoms with Gasteiger partial charge in [0.2, 0.25) is 0 Å². The Hall–Kier alpha value is -2.59. The molecule has 1 N–H and O–H groups in total. The molecule has 1 rings (SSSR count). The topological polar surface area (TPSA) is 137 Å². The minimum Gasteiger partial charge on any atom is -0.451 e. The monoisotopic (exact) mass is 511 g/mol. The van der Waals surface area contributed by atoms with E-state index in [2.05, 4.69) is 0 Å². The van der Waals surface area contributed by atoms with Gasteiger partial charge in [-0.1, -0.05) is 52.4 Å². The third-order valence-corrected chi connectivity index (χ3v) is 6.02. The second kappa shape index (κ2) is 17.0. The number of methoxy groups -OCH3 is 1. The Morgan fingerprint density at radius 2 is 1.58 bits per heavy atom. The maximum atomic E-state index is 13.1. The molecule has 3 atom stereocenters. The number of nitrogens with zero attached hydrogens (tertiary/aromatic N) is 1. The molecule has 1 aliphatic rings. The number of amides is 2. The van der Waals surface area contributed by atoms with Crippen molar-refractivity contribution in [1.29, 1.82) is 0 Å². The lowest BCUT2D eigenvalue weighted by molar-refractivity contribution is -0.166. The van der Waals surface area contributed by atoms with Gasteiger partial charge in [0.1, 0.15) is 6.61 Å². The molecule has 10 heteroatoms. The van der Waals surface area contributed by atoms with E-state index in [-0.39, 0.29) is 31.3 Å². The van der Waals surface area contributed by atoms with Crippen LogP contribution in [0.4, 0.5) is 4.79 Å². The molecule has 0 unspecified atom stereocenters. The third-order valence-electron chi connectivity index (χ3n) is 6.02. The van der Waals surface area contributed by atoms with E-state index in [1.165, 1.54) is 7.11 Å². The van der Waals surface area contributed by atoms with Crippen molar-refractivity contribution in [3.63, 3.8) is 0 Å². The Kier molecular flexibility index (Phi) is 14.8. The van der Waals surface area contributed by atoms with Crippen LogP contribution in [0, 0.1) is 5.92 Å². The number of esters is 1. The van der Waals surface area contributed by atoms with Crippen LogP contribution in [0.15, 0.2) is 12.2 Å². The van der Waals surface area contributed by atoms with Gasteiger partial charge in [0.05, 0.1) is 6.04 Å². The van der Waals surface area contributed by atoms with Crippen molar-refractivity contribution in [3.8, 4) is 0 Å². The number of cyclic esters (lactones) is 1. The van der Waals surface area contributed by atoms with Crippen LogP contribution in [0.3, 0.4) is 0 Å². The largest absolute Gasteiger partial charge is 0.451 e. The first-order valence-electron chi connectivity index (χ1n) is 12.7. The molecule has 2 amide bonds. The fourth-order valence-electron chi connectivity index (χ4n) is 3.94. The van der Waals surface area contributed by atoms with Gasteiger partial charge < -0.3 is 19.3 Å². The molecule has 0 saturated carbocycles. The van der Waals surface area contributed by atoms with Crippen molar-refractivity contribution in [2.75, 3.05) is 20.3 Å². The molecule has 0 aliphatic carbocycles. The van der Waals surface area contributed by atoms with E-state index in [1.54, 1.807) is 0 Å². The van der Waals surface area contributed by atoms with Gasteiger partial charge in [-0.3, -0.25) is 19.2 Å². The van der Waals surface area contributed by atoms with Crippen molar-refractivity contribution >= 4 is 29.5 Å². The predicted molar refractivity (Wildman–Crippen MR) is 131 cm³/mol. The first-order chi connectivity index (χ1) is 17.1. The Morgan fingerprint density at radius 1 is 1.00 bits per heavy atom. The Morgan fingerprint density at radius 3 is 2.11 bits per heavy atom. The molecule has 1 fully saturated rings. The zero-order chi connectivity index (χ0) is 27.1. The van der Waals surface area contributed by atoms with Crippen LogP contribution in [0.2, 0.25) is 0 Å². The minimum atomic E-state index is -1.66. The Labute approximate surface area is 213 Å². The van der Waals surface area contributed by atoms with Gasteiger partial charge in [-0.15, -0.1) is 0 Å². The molecule has 1 saturated heterocycles. The average Bonchev–Trinajstić information content (AvgIpc) is 3.22. The number of unbranched alkanes of at least 4 members (excludes halogenated alkanes) is 7. The highest BCUT2D eigenvalue weighted by Gasteiger charge is 2.46. The summed E-state index contributed by atoms with van der Waals surface area (Å²) in [6, 6.07) is -0.548. The first kappa shape index (κ1) is 31.4. The van der Waals surface area contributed by atoms with Crippen molar-refractivity contribution in [2.24, 2.45) is 5.92 Å². The summed E-state index contributed by atoms with van der Waals surface area (Å²) < 4.78 is 15.3. The van der Waals surface area contributed by atoms with Crippen LogP contribution in [0.25, 0.3) is 0 Å². The van der Waals surface area contributed by atoms with Gasteiger partial charge in [0.15, 0.2) is 23.8 Å². The molecule has 0 aromatic carbocycles. The summed E-state index contributed by atoms with van der Waals surface area (Å²) in [6.07, 6.45) is 6.01. The van der Waals surface area contributed by atoms with E-state index in [0.29, 0.717) is 6.42 Å². The number of hydrogen-bond acceptors (Lipinski definition) is 9. The summed E-state index contributed by atoms with van der Waals surface area (Å²) in [6.45, 7) is 4.96. The number of hydrogen-bond donors (Lipinski definition) is 1.